The Hall–Kier alpha value is -1.22. The van der Waals surface area contributed by atoms with Gasteiger partial charge in [0, 0.05) is 12.6 Å². The van der Waals surface area contributed by atoms with Crippen molar-refractivity contribution in [2.24, 2.45) is 11.7 Å². The van der Waals surface area contributed by atoms with Gasteiger partial charge in [0.2, 0.25) is 0 Å². The Labute approximate surface area is 116 Å². The fraction of sp³-hybridized carbons (Fsp3) is 0.625. The number of likely N-dealkylation sites (N-methyl/N-ethyl adjacent to an activating group) is 1. The van der Waals surface area contributed by atoms with Crippen molar-refractivity contribution < 1.29 is 4.74 Å². The van der Waals surface area contributed by atoms with E-state index in [0.717, 1.165) is 25.3 Å². The second-order valence-electron chi connectivity index (χ2n) is 5.92. The standard InChI is InChI=1S/C16H26N2O/c1-5-18-10-16(11(2)3)19-15-7-6-13(8-12(4)17)9-14(15)18/h6-7,9,11-12,16H,5,8,10,17H2,1-4H3. The molecule has 0 amide bonds. The maximum atomic E-state index is 6.11. The summed E-state index contributed by atoms with van der Waals surface area (Å²) in [5, 5.41) is 0. The number of rotatable bonds is 4. The molecule has 2 unspecified atom stereocenters. The minimum atomic E-state index is 0.195. The molecule has 0 saturated carbocycles. The molecule has 0 saturated heterocycles. The lowest BCUT2D eigenvalue weighted by molar-refractivity contribution is 0.146. The topological polar surface area (TPSA) is 38.5 Å². The maximum Gasteiger partial charge on any atom is 0.143 e. The SMILES string of the molecule is CCN1CC(C(C)C)Oc2ccc(CC(C)N)cc21. The lowest BCUT2D eigenvalue weighted by atomic mass is 10.0. The zero-order valence-corrected chi connectivity index (χ0v) is 12.5. The highest BCUT2D eigenvalue weighted by molar-refractivity contribution is 5.61. The molecule has 2 rings (SSSR count). The van der Waals surface area contributed by atoms with Crippen molar-refractivity contribution in [2.45, 2.75) is 46.3 Å². The first-order chi connectivity index (χ1) is 9.01. The van der Waals surface area contributed by atoms with Crippen LogP contribution in [0.2, 0.25) is 0 Å². The fourth-order valence-electron chi connectivity index (χ4n) is 2.57. The van der Waals surface area contributed by atoms with Crippen LogP contribution < -0.4 is 15.4 Å². The van der Waals surface area contributed by atoms with E-state index in [2.05, 4.69) is 43.9 Å². The van der Waals surface area contributed by atoms with Crippen molar-refractivity contribution in [1.29, 1.82) is 0 Å². The van der Waals surface area contributed by atoms with Gasteiger partial charge in [0.1, 0.15) is 11.9 Å². The van der Waals surface area contributed by atoms with Crippen LogP contribution in [0, 0.1) is 5.92 Å². The number of benzene rings is 1. The molecule has 0 aliphatic carbocycles. The molecule has 0 aromatic heterocycles. The van der Waals surface area contributed by atoms with Gasteiger partial charge < -0.3 is 15.4 Å². The van der Waals surface area contributed by atoms with Crippen LogP contribution >= 0.6 is 0 Å². The number of nitrogens with zero attached hydrogens (tertiary/aromatic N) is 1. The van der Waals surface area contributed by atoms with Crippen LogP contribution in [0.25, 0.3) is 0 Å². The van der Waals surface area contributed by atoms with Crippen LogP contribution in [-0.2, 0) is 6.42 Å². The predicted octanol–water partition coefficient (Wildman–Crippen LogP) is 2.82. The summed E-state index contributed by atoms with van der Waals surface area (Å²) in [5.74, 6) is 1.55. The van der Waals surface area contributed by atoms with E-state index in [1.165, 1.54) is 11.3 Å². The molecule has 0 fully saturated rings. The van der Waals surface area contributed by atoms with Gasteiger partial charge in [-0.05, 0) is 43.9 Å². The zero-order chi connectivity index (χ0) is 14.0. The maximum absolute atomic E-state index is 6.11. The molecule has 1 heterocycles. The number of hydrogen-bond donors (Lipinski definition) is 1. The molecule has 3 nitrogen and oxygen atoms in total. The molecule has 2 N–H and O–H groups in total. The highest BCUT2D eigenvalue weighted by Crippen LogP contribution is 2.35. The van der Waals surface area contributed by atoms with Gasteiger partial charge in [-0.2, -0.15) is 0 Å². The number of fused-ring (bicyclic) bond motifs is 1. The molecule has 1 aliphatic rings. The molecule has 106 valence electrons. The van der Waals surface area contributed by atoms with E-state index in [1.807, 2.05) is 6.92 Å². The Morgan fingerprint density at radius 3 is 2.68 bits per heavy atom. The van der Waals surface area contributed by atoms with Gasteiger partial charge in [-0.25, -0.2) is 0 Å². The van der Waals surface area contributed by atoms with E-state index in [-0.39, 0.29) is 12.1 Å². The number of anilines is 1. The third-order valence-corrected chi connectivity index (χ3v) is 3.73. The summed E-state index contributed by atoms with van der Waals surface area (Å²) in [4.78, 5) is 2.41. The van der Waals surface area contributed by atoms with E-state index in [1.54, 1.807) is 0 Å². The van der Waals surface area contributed by atoms with Crippen molar-refractivity contribution in [2.75, 3.05) is 18.0 Å². The molecule has 0 bridgehead atoms. The van der Waals surface area contributed by atoms with Gasteiger partial charge in [-0.15, -0.1) is 0 Å². The highest BCUT2D eigenvalue weighted by atomic mass is 16.5. The van der Waals surface area contributed by atoms with Crippen molar-refractivity contribution in [3.05, 3.63) is 23.8 Å². The van der Waals surface area contributed by atoms with Crippen LogP contribution in [0.15, 0.2) is 18.2 Å². The largest absolute Gasteiger partial charge is 0.486 e. The Morgan fingerprint density at radius 1 is 1.37 bits per heavy atom. The highest BCUT2D eigenvalue weighted by Gasteiger charge is 2.27. The number of ether oxygens (including phenoxy) is 1. The Balaban J connectivity index is 2.27. The first-order valence-electron chi connectivity index (χ1n) is 7.31. The third kappa shape index (κ3) is 3.21. The quantitative estimate of drug-likeness (QED) is 0.907. The second kappa shape index (κ2) is 5.83. The summed E-state index contributed by atoms with van der Waals surface area (Å²) < 4.78 is 6.11. The smallest absolute Gasteiger partial charge is 0.143 e. The van der Waals surface area contributed by atoms with Crippen LogP contribution in [0.4, 0.5) is 5.69 Å². The first-order valence-corrected chi connectivity index (χ1v) is 7.31. The molecule has 0 spiro atoms. The van der Waals surface area contributed by atoms with Gasteiger partial charge in [-0.1, -0.05) is 19.9 Å². The zero-order valence-electron chi connectivity index (χ0n) is 12.5. The van der Waals surface area contributed by atoms with Gasteiger partial charge in [0.05, 0.1) is 12.2 Å². The normalized spacial score (nSPS) is 20.1. The molecule has 19 heavy (non-hydrogen) atoms. The molecule has 0 radical (unpaired) electrons. The van der Waals surface area contributed by atoms with Crippen molar-refractivity contribution in [3.8, 4) is 5.75 Å². The molecular formula is C16H26N2O. The molecule has 1 aromatic carbocycles. The minimum absolute atomic E-state index is 0.195. The second-order valence-corrected chi connectivity index (χ2v) is 5.92. The lowest BCUT2D eigenvalue weighted by Crippen LogP contribution is -2.42. The third-order valence-electron chi connectivity index (χ3n) is 3.73. The van der Waals surface area contributed by atoms with E-state index in [4.69, 9.17) is 10.5 Å². The summed E-state index contributed by atoms with van der Waals surface area (Å²) in [7, 11) is 0. The summed E-state index contributed by atoms with van der Waals surface area (Å²) in [5.41, 5.74) is 8.40. The average Bonchev–Trinajstić information content (AvgIpc) is 2.36. The summed E-state index contributed by atoms with van der Waals surface area (Å²) in [6.45, 7) is 10.7. The Kier molecular flexibility index (Phi) is 4.35. The van der Waals surface area contributed by atoms with Crippen LogP contribution in [-0.4, -0.2) is 25.2 Å². The monoisotopic (exact) mass is 262 g/mol. The van der Waals surface area contributed by atoms with Crippen LogP contribution in [0.5, 0.6) is 5.75 Å². The van der Waals surface area contributed by atoms with Crippen molar-refractivity contribution in [3.63, 3.8) is 0 Å². The summed E-state index contributed by atoms with van der Waals surface area (Å²) in [6, 6.07) is 6.67. The minimum Gasteiger partial charge on any atom is -0.486 e. The number of nitrogens with two attached hydrogens (primary N) is 1. The van der Waals surface area contributed by atoms with Crippen LogP contribution in [0.3, 0.4) is 0 Å². The van der Waals surface area contributed by atoms with Gasteiger partial charge in [-0.3, -0.25) is 0 Å². The van der Waals surface area contributed by atoms with Gasteiger partial charge >= 0.3 is 0 Å². The van der Waals surface area contributed by atoms with E-state index >= 15 is 0 Å². The van der Waals surface area contributed by atoms with E-state index in [0.29, 0.717) is 5.92 Å². The fourth-order valence-corrected chi connectivity index (χ4v) is 2.57. The molecular weight excluding hydrogens is 236 g/mol. The first kappa shape index (κ1) is 14.2. The number of hydrogen-bond acceptors (Lipinski definition) is 3. The summed E-state index contributed by atoms with van der Waals surface area (Å²) >= 11 is 0. The molecule has 1 aliphatic heterocycles. The Bertz CT molecular complexity index is 429. The predicted molar refractivity (Wildman–Crippen MR) is 80.9 cm³/mol. The summed E-state index contributed by atoms with van der Waals surface area (Å²) in [6.07, 6.45) is 1.20. The van der Waals surface area contributed by atoms with E-state index in [9.17, 15) is 0 Å². The Morgan fingerprint density at radius 2 is 2.11 bits per heavy atom. The lowest BCUT2D eigenvalue weighted by Gasteiger charge is -2.37. The molecule has 1 aromatic rings. The molecule has 2 atom stereocenters. The van der Waals surface area contributed by atoms with Crippen molar-refractivity contribution >= 4 is 5.69 Å². The molecule has 3 heteroatoms. The van der Waals surface area contributed by atoms with Crippen molar-refractivity contribution in [1.82, 2.24) is 0 Å². The van der Waals surface area contributed by atoms with E-state index < -0.39 is 0 Å². The van der Waals surface area contributed by atoms with Crippen LogP contribution in [0.1, 0.15) is 33.3 Å². The van der Waals surface area contributed by atoms with Gasteiger partial charge in [0.15, 0.2) is 0 Å². The van der Waals surface area contributed by atoms with Gasteiger partial charge in [0.25, 0.3) is 0 Å². The average molecular weight is 262 g/mol.